The van der Waals surface area contributed by atoms with Crippen molar-refractivity contribution in [2.45, 2.75) is 19.4 Å². The fraction of sp³-hybridized carbons (Fsp3) is 0.364. The zero-order valence-corrected chi connectivity index (χ0v) is 15.7. The van der Waals surface area contributed by atoms with Gasteiger partial charge in [-0.15, -0.1) is 0 Å². The number of carbonyl (C=O) groups excluding carboxylic acids is 2. The van der Waals surface area contributed by atoms with Gasteiger partial charge in [0.15, 0.2) is 5.78 Å². The first kappa shape index (κ1) is 19.1. The zero-order valence-electron chi connectivity index (χ0n) is 15.7. The minimum Gasteiger partial charge on any atom is -0.496 e. The van der Waals surface area contributed by atoms with Crippen LogP contribution in [0.3, 0.4) is 0 Å². The molecule has 1 aliphatic rings. The number of methoxy groups -OCH3 is 1. The van der Waals surface area contributed by atoms with Crippen LogP contribution >= 0.6 is 0 Å². The lowest BCUT2D eigenvalue weighted by atomic mass is 9.90. The van der Waals surface area contributed by atoms with Gasteiger partial charge in [-0.1, -0.05) is 48.5 Å². The van der Waals surface area contributed by atoms with Crippen LogP contribution in [-0.2, 0) is 11.3 Å². The summed E-state index contributed by atoms with van der Waals surface area (Å²) in [7, 11) is 1.62. The van der Waals surface area contributed by atoms with Crippen LogP contribution in [0, 0.1) is 5.92 Å². The minimum atomic E-state index is -0.0387. The van der Waals surface area contributed by atoms with Gasteiger partial charge in [-0.2, -0.15) is 0 Å². The van der Waals surface area contributed by atoms with E-state index in [2.05, 4.69) is 10.2 Å². The Morgan fingerprint density at radius 2 is 1.85 bits per heavy atom. The SMILES string of the molecule is COc1ccccc1CNC(=O)CN1CCC[C@@H](C(=O)c2ccccc2)C1. The van der Waals surface area contributed by atoms with E-state index in [0.717, 1.165) is 36.3 Å². The number of rotatable bonds is 7. The summed E-state index contributed by atoms with van der Waals surface area (Å²) in [6.07, 6.45) is 1.82. The lowest BCUT2D eigenvalue weighted by Gasteiger charge is -2.31. The maximum atomic E-state index is 12.7. The smallest absolute Gasteiger partial charge is 0.234 e. The van der Waals surface area contributed by atoms with E-state index in [1.807, 2.05) is 54.6 Å². The highest BCUT2D eigenvalue weighted by molar-refractivity contribution is 5.98. The van der Waals surface area contributed by atoms with E-state index >= 15 is 0 Å². The Balaban J connectivity index is 1.51. The fourth-order valence-corrected chi connectivity index (χ4v) is 3.55. The predicted octanol–water partition coefficient (Wildman–Crippen LogP) is 2.91. The van der Waals surface area contributed by atoms with Gasteiger partial charge in [0.25, 0.3) is 0 Å². The number of para-hydroxylation sites is 1. The third-order valence-electron chi connectivity index (χ3n) is 4.97. The Kier molecular flexibility index (Phi) is 6.60. The number of nitrogens with zero attached hydrogens (tertiary/aromatic N) is 1. The molecule has 0 saturated carbocycles. The number of benzene rings is 2. The van der Waals surface area contributed by atoms with Crippen molar-refractivity contribution in [1.29, 1.82) is 0 Å². The zero-order chi connectivity index (χ0) is 19.1. The Morgan fingerprint density at radius 1 is 1.11 bits per heavy atom. The monoisotopic (exact) mass is 366 g/mol. The summed E-state index contributed by atoms with van der Waals surface area (Å²) >= 11 is 0. The van der Waals surface area contributed by atoms with Crippen LogP contribution in [0.25, 0.3) is 0 Å². The van der Waals surface area contributed by atoms with Crippen molar-refractivity contribution in [1.82, 2.24) is 10.2 Å². The molecule has 1 saturated heterocycles. The molecule has 0 unspecified atom stereocenters. The molecular weight excluding hydrogens is 340 g/mol. The van der Waals surface area contributed by atoms with Gasteiger partial charge in [-0.3, -0.25) is 14.5 Å². The van der Waals surface area contributed by atoms with Crippen molar-refractivity contribution in [3.05, 3.63) is 65.7 Å². The van der Waals surface area contributed by atoms with E-state index in [1.165, 1.54) is 0 Å². The van der Waals surface area contributed by atoms with Gasteiger partial charge < -0.3 is 10.1 Å². The van der Waals surface area contributed by atoms with Gasteiger partial charge >= 0.3 is 0 Å². The molecule has 142 valence electrons. The molecule has 3 rings (SSSR count). The molecule has 27 heavy (non-hydrogen) atoms. The first-order chi connectivity index (χ1) is 13.2. The van der Waals surface area contributed by atoms with Crippen molar-refractivity contribution in [2.75, 3.05) is 26.7 Å². The average Bonchev–Trinajstić information content (AvgIpc) is 2.72. The molecule has 0 bridgehead atoms. The van der Waals surface area contributed by atoms with Gasteiger partial charge in [0, 0.05) is 30.1 Å². The number of nitrogens with one attached hydrogen (secondary N) is 1. The fourth-order valence-electron chi connectivity index (χ4n) is 3.55. The Labute approximate surface area is 160 Å². The summed E-state index contributed by atoms with van der Waals surface area (Å²) in [5.74, 6) is 0.871. The van der Waals surface area contributed by atoms with Gasteiger partial charge in [-0.05, 0) is 25.5 Å². The second kappa shape index (κ2) is 9.33. The van der Waals surface area contributed by atoms with E-state index in [1.54, 1.807) is 7.11 Å². The van der Waals surface area contributed by atoms with E-state index in [0.29, 0.717) is 19.6 Å². The summed E-state index contributed by atoms with van der Waals surface area (Å²) in [4.78, 5) is 27.1. The molecule has 1 amide bonds. The largest absolute Gasteiger partial charge is 0.496 e. The van der Waals surface area contributed by atoms with Crippen molar-refractivity contribution in [3.8, 4) is 5.75 Å². The van der Waals surface area contributed by atoms with Crippen molar-refractivity contribution in [3.63, 3.8) is 0 Å². The molecule has 5 heteroatoms. The van der Waals surface area contributed by atoms with Crippen molar-refractivity contribution >= 4 is 11.7 Å². The molecule has 2 aromatic rings. The molecule has 1 atom stereocenters. The lowest BCUT2D eigenvalue weighted by Crippen LogP contribution is -2.44. The first-order valence-corrected chi connectivity index (χ1v) is 9.37. The van der Waals surface area contributed by atoms with Crippen LogP contribution in [0.1, 0.15) is 28.8 Å². The van der Waals surface area contributed by atoms with Crippen molar-refractivity contribution in [2.24, 2.45) is 5.92 Å². The van der Waals surface area contributed by atoms with Crippen LogP contribution in [0.4, 0.5) is 0 Å². The number of ether oxygens (including phenoxy) is 1. The highest BCUT2D eigenvalue weighted by Crippen LogP contribution is 2.21. The molecule has 0 radical (unpaired) electrons. The van der Waals surface area contributed by atoms with E-state index in [-0.39, 0.29) is 17.6 Å². The van der Waals surface area contributed by atoms with E-state index in [4.69, 9.17) is 4.74 Å². The molecule has 1 fully saturated rings. The third-order valence-corrected chi connectivity index (χ3v) is 4.97. The summed E-state index contributed by atoms with van der Waals surface area (Å²) in [6, 6.07) is 17.1. The van der Waals surface area contributed by atoms with Crippen LogP contribution in [0.15, 0.2) is 54.6 Å². The van der Waals surface area contributed by atoms with E-state index in [9.17, 15) is 9.59 Å². The van der Waals surface area contributed by atoms with Crippen LogP contribution < -0.4 is 10.1 Å². The molecule has 1 heterocycles. The number of hydrogen-bond acceptors (Lipinski definition) is 4. The first-order valence-electron chi connectivity index (χ1n) is 9.37. The molecule has 5 nitrogen and oxygen atoms in total. The summed E-state index contributed by atoms with van der Waals surface area (Å²) in [5, 5.41) is 2.95. The molecule has 0 aliphatic carbocycles. The highest BCUT2D eigenvalue weighted by Gasteiger charge is 2.27. The molecular formula is C22H26N2O3. The number of amides is 1. The minimum absolute atomic E-state index is 0.0336. The second-order valence-electron chi connectivity index (χ2n) is 6.89. The average molecular weight is 366 g/mol. The van der Waals surface area contributed by atoms with Crippen LogP contribution in [0.2, 0.25) is 0 Å². The number of piperidine rings is 1. The van der Waals surface area contributed by atoms with Gasteiger partial charge in [-0.25, -0.2) is 0 Å². The van der Waals surface area contributed by atoms with Gasteiger partial charge in [0.2, 0.25) is 5.91 Å². The van der Waals surface area contributed by atoms with Crippen LogP contribution in [0.5, 0.6) is 5.75 Å². The molecule has 1 aliphatic heterocycles. The van der Waals surface area contributed by atoms with E-state index < -0.39 is 0 Å². The quantitative estimate of drug-likeness (QED) is 0.766. The third kappa shape index (κ3) is 5.17. The Morgan fingerprint density at radius 3 is 2.63 bits per heavy atom. The standard InChI is InChI=1S/C22H26N2O3/c1-27-20-12-6-5-10-18(20)14-23-21(25)16-24-13-7-11-19(15-24)22(26)17-8-3-2-4-9-17/h2-6,8-10,12,19H,7,11,13-16H2,1H3,(H,23,25)/t19-/m1/s1. The van der Waals surface area contributed by atoms with Gasteiger partial charge in [0.1, 0.15) is 5.75 Å². The lowest BCUT2D eigenvalue weighted by molar-refractivity contribution is -0.122. The summed E-state index contributed by atoms with van der Waals surface area (Å²) in [6.45, 7) is 2.23. The highest BCUT2D eigenvalue weighted by atomic mass is 16.5. The number of Topliss-reactive ketones (excluding diaryl/α,β-unsaturated/α-hetero) is 1. The maximum Gasteiger partial charge on any atom is 0.234 e. The normalized spacial score (nSPS) is 17.3. The second-order valence-corrected chi connectivity index (χ2v) is 6.89. The number of hydrogen-bond donors (Lipinski definition) is 1. The van der Waals surface area contributed by atoms with Gasteiger partial charge in [0.05, 0.1) is 13.7 Å². The Bertz CT molecular complexity index is 776. The molecule has 0 aromatic heterocycles. The topological polar surface area (TPSA) is 58.6 Å². The van der Waals surface area contributed by atoms with Crippen molar-refractivity contribution < 1.29 is 14.3 Å². The molecule has 1 N–H and O–H groups in total. The number of ketones is 1. The predicted molar refractivity (Wildman–Crippen MR) is 105 cm³/mol. The number of likely N-dealkylation sites (tertiary alicyclic amines) is 1. The molecule has 2 aromatic carbocycles. The maximum absolute atomic E-state index is 12.7. The number of carbonyl (C=O) groups is 2. The summed E-state index contributed by atoms with van der Waals surface area (Å²) in [5.41, 5.74) is 1.70. The Hall–Kier alpha value is -2.66. The van der Waals surface area contributed by atoms with Crippen LogP contribution in [-0.4, -0.2) is 43.3 Å². The molecule has 0 spiro atoms. The summed E-state index contributed by atoms with van der Waals surface area (Å²) < 4.78 is 5.31.